The van der Waals surface area contributed by atoms with Gasteiger partial charge in [-0.2, -0.15) is 17.5 Å². The lowest BCUT2D eigenvalue weighted by Gasteiger charge is -2.13. The fourth-order valence-corrected chi connectivity index (χ4v) is 2.98. The molecule has 0 aliphatic rings. The van der Waals surface area contributed by atoms with Gasteiger partial charge in [0, 0.05) is 6.07 Å². The SMILES string of the molecule is COc1csnc1-c1nc(C(F)(F)F)c(Oc2ccc(Cl)c(Cl)c2)c(=O)[nH]1. The van der Waals surface area contributed by atoms with Crippen molar-refractivity contribution in [3.8, 4) is 28.8 Å². The minimum absolute atomic E-state index is 0.0220. The van der Waals surface area contributed by atoms with Crippen LogP contribution in [0.3, 0.4) is 0 Å². The molecule has 0 unspecified atom stereocenters. The predicted octanol–water partition coefficient (Wildman–Crippen LogP) is 5.02. The number of benzene rings is 1. The number of rotatable bonds is 4. The van der Waals surface area contributed by atoms with Gasteiger partial charge in [0.15, 0.2) is 23.0 Å². The fraction of sp³-hybridized carbons (Fsp3) is 0.133. The van der Waals surface area contributed by atoms with E-state index in [1.807, 2.05) is 0 Å². The molecule has 3 aromatic rings. The third-order valence-corrected chi connectivity index (χ3v) is 4.58. The summed E-state index contributed by atoms with van der Waals surface area (Å²) in [5.41, 5.74) is -2.68. The number of aromatic amines is 1. The smallest absolute Gasteiger partial charge is 0.437 e. The van der Waals surface area contributed by atoms with Crippen molar-refractivity contribution in [2.75, 3.05) is 7.11 Å². The first-order valence-corrected chi connectivity index (χ1v) is 8.63. The van der Waals surface area contributed by atoms with Gasteiger partial charge < -0.3 is 14.5 Å². The number of methoxy groups -OCH3 is 1. The van der Waals surface area contributed by atoms with Gasteiger partial charge in [0.05, 0.1) is 22.5 Å². The molecule has 3 rings (SSSR count). The Morgan fingerprint density at radius 1 is 1.22 bits per heavy atom. The number of ether oxygens (including phenoxy) is 2. The summed E-state index contributed by atoms with van der Waals surface area (Å²) in [6.07, 6.45) is -4.96. The number of alkyl halides is 3. The summed E-state index contributed by atoms with van der Waals surface area (Å²) in [7, 11) is 1.32. The number of nitrogens with one attached hydrogen (secondary N) is 1. The second kappa shape index (κ2) is 7.37. The van der Waals surface area contributed by atoms with Crippen molar-refractivity contribution < 1.29 is 22.6 Å². The second-order valence-corrected chi connectivity index (χ2v) is 6.44. The molecule has 0 atom stereocenters. The van der Waals surface area contributed by atoms with Gasteiger partial charge in [-0.3, -0.25) is 4.79 Å². The van der Waals surface area contributed by atoms with E-state index in [0.29, 0.717) is 0 Å². The van der Waals surface area contributed by atoms with Gasteiger partial charge in [-0.15, -0.1) is 0 Å². The van der Waals surface area contributed by atoms with Gasteiger partial charge >= 0.3 is 6.18 Å². The molecule has 0 aliphatic carbocycles. The van der Waals surface area contributed by atoms with E-state index in [2.05, 4.69) is 14.3 Å². The first-order valence-electron chi connectivity index (χ1n) is 7.04. The number of H-pyrrole nitrogens is 1. The molecule has 0 fully saturated rings. The largest absolute Gasteiger partial charge is 0.493 e. The molecule has 2 aromatic heterocycles. The number of nitrogens with zero attached hydrogens (tertiary/aromatic N) is 2. The van der Waals surface area contributed by atoms with Gasteiger partial charge in [-0.1, -0.05) is 23.2 Å². The first-order chi connectivity index (χ1) is 12.7. The number of aromatic nitrogens is 3. The molecule has 0 spiro atoms. The Labute approximate surface area is 163 Å². The monoisotopic (exact) mass is 437 g/mol. The zero-order valence-corrected chi connectivity index (χ0v) is 15.6. The van der Waals surface area contributed by atoms with Crippen LogP contribution in [0.15, 0.2) is 28.4 Å². The Bertz CT molecular complexity index is 1050. The molecule has 0 saturated heterocycles. The van der Waals surface area contributed by atoms with E-state index < -0.39 is 29.0 Å². The highest BCUT2D eigenvalue weighted by Crippen LogP contribution is 2.37. The lowest BCUT2D eigenvalue weighted by Crippen LogP contribution is -2.20. The molecule has 2 heterocycles. The normalized spacial score (nSPS) is 11.5. The highest BCUT2D eigenvalue weighted by molar-refractivity contribution is 7.04. The minimum atomic E-state index is -4.96. The third-order valence-electron chi connectivity index (χ3n) is 3.24. The van der Waals surface area contributed by atoms with E-state index in [4.69, 9.17) is 32.7 Å². The van der Waals surface area contributed by atoms with E-state index in [0.717, 1.165) is 11.5 Å². The average molecular weight is 438 g/mol. The summed E-state index contributed by atoms with van der Waals surface area (Å²) >= 11 is 12.5. The number of hydrogen-bond acceptors (Lipinski definition) is 6. The van der Waals surface area contributed by atoms with Crippen LogP contribution >= 0.6 is 34.7 Å². The Morgan fingerprint density at radius 2 is 1.96 bits per heavy atom. The molecule has 0 aliphatic heterocycles. The Morgan fingerprint density at radius 3 is 2.59 bits per heavy atom. The van der Waals surface area contributed by atoms with E-state index in [-0.39, 0.29) is 27.2 Å². The maximum atomic E-state index is 13.5. The molecule has 6 nitrogen and oxygen atoms in total. The van der Waals surface area contributed by atoms with Crippen LogP contribution in [0.5, 0.6) is 17.2 Å². The van der Waals surface area contributed by atoms with E-state index in [1.165, 1.54) is 30.7 Å². The van der Waals surface area contributed by atoms with Crippen LogP contribution in [0.2, 0.25) is 10.0 Å². The van der Waals surface area contributed by atoms with Crippen LogP contribution in [0.25, 0.3) is 11.5 Å². The molecule has 142 valence electrons. The number of hydrogen-bond donors (Lipinski definition) is 1. The lowest BCUT2D eigenvalue weighted by molar-refractivity contribution is -0.142. The van der Waals surface area contributed by atoms with Crippen molar-refractivity contribution in [2.45, 2.75) is 6.18 Å². The molecule has 12 heteroatoms. The van der Waals surface area contributed by atoms with E-state index in [9.17, 15) is 18.0 Å². The molecule has 27 heavy (non-hydrogen) atoms. The third kappa shape index (κ3) is 4.02. The van der Waals surface area contributed by atoms with Gasteiger partial charge in [-0.25, -0.2) is 4.98 Å². The van der Waals surface area contributed by atoms with Crippen molar-refractivity contribution in [1.29, 1.82) is 0 Å². The highest BCUT2D eigenvalue weighted by Gasteiger charge is 2.39. The molecule has 0 amide bonds. The van der Waals surface area contributed by atoms with Crippen molar-refractivity contribution in [3.63, 3.8) is 0 Å². The average Bonchev–Trinajstić information content (AvgIpc) is 3.07. The minimum Gasteiger partial charge on any atom is -0.493 e. The number of halogens is 5. The summed E-state index contributed by atoms with van der Waals surface area (Å²) in [4.78, 5) is 18.0. The van der Waals surface area contributed by atoms with Crippen LogP contribution in [0.4, 0.5) is 13.2 Å². The van der Waals surface area contributed by atoms with E-state index in [1.54, 1.807) is 0 Å². The fourth-order valence-electron chi connectivity index (χ4n) is 2.05. The highest BCUT2D eigenvalue weighted by atomic mass is 35.5. The van der Waals surface area contributed by atoms with Crippen molar-refractivity contribution in [3.05, 3.63) is 49.7 Å². The zero-order valence-electron chi connectivity index (χ0n) is 13.2. The Balaban J connectivity index is 2.14. The van der Waals surface area contributed by atoms with E-state index >= 15 is 0 Å². The standard InChI is InChI=1S/C15H8Cl2F3N3O3S/c1-25-9-5-27-23-10(9)13-21-12(15(18,19)20)11(14(24)22-13)26-6-2-3-7(16)8(17)4-6/h2-5H,1H3,(H,21,22,24). The summed E-state index contributed by atoms with van der Waals surface area (Å²) in [5.74, 6) is -1.36. The maximum absolute atomic E-state index is 13.5. The maximum Gasteiger partial charge on any atom is 0.437 e. The van der Waals surface area contributed by atoms with Crippen LogP contribution in [-0.2, 0) is 6.18 Å². The van der Waals surface area contributed by atoms with Gasteiger partial charge in [0.1, 0.15) is 5.75 Å². The van der Waals surface area contributed by atoms with Crippen LogP contribution in [0.1, 0.15) is 5.69 Å². The van der Waals surface area contributed by atoms with Crippen LogP contribution in [-0.4, -0.2) is 21.5 Å². The zero-order chi connectivity index (χ0) is 19.8. The molecule has 0 saturated carbocycles. The van der Waals surface area contributed by atoms with Crippen LogP contribution < -0.4 is 15.0 Å². The Hall–Kier alpha value is -2.30. The second-order valence-electron chi connectivity index (χ2n) is 5.00. The summed E-state index contributed by atoms with van der Waals surface area (Å²) in [6, 6.07) is 3.77. The first kappa shape index (κ1) is 19.5. The summed E-state index contributed by atoms with van der Waals surface area (Å²) in [6.45, 7) is 0. The van der Waals surface area contributed by atoms with Crippen molar-refractivity contribution in [1.82, 2.24) is 14.3 Å². The molecule has 1 N–H and O–H groups in total. The van der Waals surface area contributed by atoms with Gasteiger partial charge in [0.25, 0.3) is 5.56 Å². The van der Waals surface area contributed by atoms with Gasteiger partial charge in [0.2, 0.25) is 5.75 Å². The molecule has 0 bridgehead atoms. The topological polar surface area (TPSA) is 77.1 Å². The quantitative estimate of drug-likeness (QED) is 0.619. The Kier molecular flexibility index (Phi) is 5.31. The predicted molar refractivity (Wildman–Crippen MR) is 94.1 cm³/mol. The van der Waals surface area contributed by atoms with Crippen molar-refractivity contribution in [2.24, 2.45) is 0 Å². The lowest BCUT2D eigenvalue weighted by atomic mass is 10.3. The molecular formula is C15H8Cl2F3N3O3S. The molecule has 0 radical (unpaired) electrons. The van der Waals surface area contributed by atoms with Gasteiger partial charge in [-0.05, 0) is 23.7 Å². The van der Waals surface area contributed by atoms with Crippen molar-refractivity contribution >= 4 is 34.7 Å². The molecule has 1 aromatic carbocycles. The summed E-state index contributed by atoms with van der Waals surface area (Å²) < 4.78 is 54.5. The van der Waals surface area contributed by atoms with Crippen LogP contribution in [0, 0.1) is 0 Å². The molecular weight excluding hydrogens is 430 g/mol. The summed E-state index contributed by atoms with van der Waals surface area (Å²) in [5, 5.41) is 1.69.